The molecule has 4 aromatic rings. The summed E-state index contributed by atoms with van der Waals surface area (Å²) in [7, 11) is 0. The lowest BCUT2D eigenvalue weighted by Gasteiger charge is -2.14. The molecule has 0 saturated carbocycles. The summed E-state index contributed by atoms with van der Waals surface area (Å²) in [5.41, 5.74) is -1.47. The van der Waals surface area contributed by atoms with E-state index in [9.17, 15) is 22.8 Å². The van der Waals surface area contributed by atoms with E-state index in [-0.39, 0.29) is 21.9 Å². The lowest BCUT2D eigenvalue weighted by atomic mass is 10.2. The van der Waals surface area contributed by atoms with Crippen LogP contribution in [0.2, 0.25) is 5.02 Å². The smallest absolute Gasteiger partial charge is 0.448 e. The quantitative estimate of drug-likeness (QED) is 0.252. The number of carbonyl (C=O) groups excluding carboxylic acids is 1. The zero-order chi connectivity index (χ0) is 22.2. The van der Waals surface area contributed by atoms with Gasteiger partial charge in [0.05, 0.1) is 10.4 Å². The fourth-order valence-electron chi connectivity index (χ4n) is 2.69. The molecule has 0 spiro atoms. The van der Waals surface area contributed by atoms with E-state index in [1.165, 1.54) is 36.4 Å². The Morgan fingerprint density at radius 2 is 1.84 bits per heavy atom. The van der Waals surface area contributed by atoms with Crippen LogP contribution < -0.4 is 14.9 Å². The van der Waals surface area contributed by atoms with E-state index in [0.29, 0.717) is 4.88 Å². The number of hydrogen-bond acceptors (Lipinski definition) is 6. The van der Waals surface area contributed by atoms with Gasteiger partial charge in [-0.3, -0.25) is 4.79 Å². The Morgan fingerprint density at radius 3 is 2.52 bits per heavy atom. The van der Waals surface area contributed by atoms with Crippen molar-refractivity contribution in [1.29, 1.82) is 0 Å². The van der Waals surface area contributed by atoms with Crippen molar-refractivity contribution in [1.82, 2.24) is 0 Å². The number of fused-ring (bicyclic) bond motifs is 1. The minimum Gasteiger partial charge on any atom is -0.448 e. The van der Waals surface area contributed by atoms with Gasteiger partial charge in [-0.05, 0) is 35.7 Å². The summed E-state index contributed by atoms with van der Waals surface area (Å²) >= 11 is 7.08. The lowest BCUT2D eigenvalue weighted by molar-refractivity contribution is -0.154. The SMILES string of the molecule is O=C(Oc1ccc2c(=O)c(Oc3ccccc3Cl)c(C(F)(F)F)oc2c1)c1cccs1. The fraction of sp³-hybridized carbons (Fsp3) is 0.0476. The van der Waals surface area contributed by atoms with Gasteiger partial charge in [0, 0.05) is 6.07 Å². The zero-order valence-corrected chi connectivity index (χ0v) is 16.8. The number of carbonyl (C=O) groups is 1. The second-order valence-electron chi connectivity index (χ2n) is 6.14. The molecule has 2 aromatic heterocycles. The van der Waals surface area contributed by atoms with Crippen molar-refractivity contribution in [3.8, 4) is 17.2 Å². The number of benzene rings is 2. The number of hydrogen-bond donors (Lipinski definition) is 0. The van der Waals surface area contributed by atoms with Crippen molar-refractivity contribution in [2.45, 2.75) is 6.18 Å². The molecular formula is C21H10ClF3O5S. The summed E-state index contributed by atoms with van der Waals surface area (Å²) in [6, 6.07) is 12.5. The van der Waals surface area contributed by atoms with Crippen LogP contribution in [-0.2, 0) is 6.18 Å². The van der Waals surface area contributed by atoms with Gasteiger partial charge in [-0.1, -0.05) is 29.8 Å². The van der Waals surface area contributed by atoms with E-state index in [0.717, 1.165) is 17.4 Å². The first kappa shape index (κ1) is 21.0. The highest BCUT2D eigenvalue weighted by Gasteiger charge is 2.40. The predicted molar refractivity (Wildman–Crippen MR) is 108 cm³/mol. The van der Waals surface area contributed by atoms with Crippen molar-refractivity contribution < 1.29 is 31.9 Å². The van der Waals surface area contributed by atoms with Crippen molar-refractivity contribution in [2.24, 2.45) is 0 Å². The van der Waals surface area contributed by atoms with Crippen LogP contribution in [0.4, 0.5) is 13.2 Å². The van der Waals surface area contributed by atoms with Gasteiger partial charge in [0.1, 0.15) is 22.0 Å². The third-order valence-electron chi connectivity index (χ3n) is 4.06. The number of rotatable bonds is 4. The summed E-state index contributed by atoms with van der Waals surface area (Å²) < 4.78 is 56.2. The van der Waals surface area contributed by atoms with Gasteiger partial charge in [0.2, 0.25) is 11.2 Å². The standard InChI is InChI=1S/C21H10ClF3O5S/c22-13-4-1-2-5-14(13)29-18-17(26)12-8-7-11(28-20(27)16-6-3-9-31-16)10-15(12)30-19(18)21(23,24)25/h1-10H. The van der Waals surface area contributed by atoms with E-state index in [1.54, 1.807) is 17.5 Å². The van der Waals surface area contributed by atoms with Gasteiger partial charge in [-0.15, -0.1) is 11.3 Å². The number of halogens is 4. The fourth-order valence-corrected chi connectivity index (χ4v) is 3.46. The molecule has 0 aliphatic rings. The molecule has 0 aliphatic carbocycles. The van der Waals surface area contributed by atoms with E-state index >= 15 is 0 Å². The average Bonchev–Trinajstić information content (AvgIpc) is 3.25. The zero-order valence-electron chi connectivity index (χ0n) is 15.2. The lowest BCUT2D eigenvalue weighted by Crippen LogP contribution is -2.15. The van der Waals surface area contributed by atoms with Crippen LogP contribution in [0.1, 0.15) is 15.4 Å². The van der Waals surface area contributed by atoms with Crippen LogP contribution in [0.3, 0.4) is 0 Å². The largest absolute Gasteiger partial charge is 0.453 e. The maximum Gasteiger partial charge on any atom is 0.453 e. The van der Waals surface area contributed by atoms with Crippen molar-refractivity contribution in [3.05, 3.63) is 85.9 Å². The number of ether oxygens (including phenoxy) is 2. The highest BCUT2D eigenvalue weighted by molar-refractivity contribution is 7.12. The van der Waals surface area contributed by atoms with Gasteiger partial charge in [0.15, 0.2) is 0 Å². The normalized spacial score (nSPS) is 11.5. The first-order chi connectivity index (χ1) is 14.7. The van der Waals surface area contributed by atoms with Crippen LogP contribution in [0.15, 0.2) is 69.2 Å². The highest BCUT2D eigenvalue weighted by atomic mass is 35.5. The second-order valence-corrected chi connectivity index (χ2v) is 7.50. The van der Waals surface area contributed by atoms with Crippen LogP contribution in [0.5, 0.6) is 17.2 Å². The van der Waals surface area contributed by atoms with Crippen LogP contribution in [0.25, 0.3) is 11.0 Å². The van der Waals surface area contributed by atoms with E-state index in [4.69, 9.17) is 25.5 Å². The minimum atomic E-state index is -5.03. The molecule has 158 valence electrons. The molecule has 0 saturated heterocycles. The molecular weight excluding hydrogens is 457 g/mol. The van der Waals surface area contributed by atoms with E-state index in [2.05, 4.69) is 0 Å². The van der Waals surface area contributed by atoms with Gasteiger partial charge in [-0.2, -0.15) is 13.2 Å². The van der Waals surface area contributed by atoms with Crippen molar-refractivity contribution >= 4 is 39.9 Å². The maximum absolute atomic E-state index is 13.6. The molecule has 2 heterocycles. The van der Waals surface area contributed by atoms with Crippen LogP contribution in [-0.4, -0.2) is 5.97 Å². The average molecular weight is 467 g/mol. The number of esters is 1. The van der Waals surface area contributed by atoms with E-state index in [1.807, 2.05) is 0 Å². The molecule has 0 fully saturated rings. The molecule has 0 atom stereocenters. The summed E-state index contributed by atoms with van der Waals surface area (Å²) in [6.45, 7) is 0. The molecule has 0 unspecified atom stereocenters. The van der Waals surface area contributed by atoms with Crippen molar-refractivity contribution in [2.75, 3.05) is 0 Å². The van der Waals surface area contributed by atoms with Gasteiger partial charge >= 0.3 is 12.1 Å². The molecule has 10 heteroatoms. The molecule has 0 radical (unpaired) electrons. The molecule has 0 bridgehead atoms. The summed E-state index contributed by atoms with van der Waals surface area (Å²) in [4.78, 5) is 25.2. The van der Waals surface area contributed by atoms with Crippen LogP contribution in [0, 0.1) is 0 Å². The number of thiophene rings is 1. The predicted octanol–water partition coefficient (Wildman–Crippen LogP) is 6.54. The number of alkyl halides is 3. The van der Waals surface area contributed by atoms with Gasteiger partial charge in [0.25, 0.3) is 5.76 Å². The third kappa shape index (κ3) is 4.28. The molecule has 2 aromatic carbocycles. The Kier molecular flexibility index (Phi) is 5.47. The third-order valence-corrected chi connectivity index (χ3v) is 5.22. The summed E-state index contributed by atoms with van der Waals surface area (Å²) in [6.07, 6.45) is -5.03. The topological polar surface area (TPSA) is 65.7 Å². The molecule has 0 aliphatic heterocycles. The number of para-hydroxylation sites is 1. The molecule has 4 rings (SSSR count). The second kappa shape index (κ2) is 8.09. The summed E-state index contributed by atoms with van der Waals surface area (Å²) in [5.74, 6) is -3.58. The monoisotopic (exact) mass is 466 g/mol. The first-order valence-electron chi connectivity index (χ1n) is 8.60. The molecule has 31 heavy (non-hydrogen) atoms. The maximum atomic E-state index is 13.6. The molecule has 0 N–H and O–H groups in total. The Balaban J connectivity index is 1.80. The first-order valence-corrected chi connectivity index (χ1v) is 9.86. The van der Waals surface area contributed by atoms with E-state index < -0.39 is 34.7 Å². The van der Waals surface area contributed by atoms with Gasteiger partial charge < -0.3 is 13.9 Å². The molecule has 0 amide bonds. The van der Waals surface area contributed by atoms with Crippen molar-refractivity contribution in [3.63, 3.8) is 0 Å². The Morgan fingerprint density at radius 1 is 1.06 bits per heavy atom. The van der Waals surface area contributed by atoms with Gasteiger partial charge in [-0.25, -0.2) is 4.79 Å². The Hall–Kier alpha value is -3.30. The Bertz CT molecular complexity index is 1330. The highest BCUT2D eigenvalue weighted by Crippen LogP contribution is 2.39. The Labute approximate surface area is 181 Å². The summed E-state index contributed by atoms with van der Waals surface area (Å²) in [5, 5.41) is 1.50. The minimum absolute atomic E-state index is 0.0194. The van der Waals surface area contributed by atoms with Crippen LogP contribution >= 0.6 is 22.9 Å². The molecule has 5 nitrogen and oxygen atoms in total.